The van der Waals surface area contributed by atoms with Crippen LogP contribution >= 0.6 is 0 Å². The molecule has 0 radical (unpaired) electrons. The van der Waals surface area contributed by atoms with Crippen molar-refractivity contribution in [3.8, 4) is 0 Å². The monoisotopic (exact) mass is 437 g/mol. The average Bonchev–Trinajstić information content (AvgIpc) is 2.83. The zero-order chi connectivity index (χ0) is 22.9. The number of likely N-dealkylation sites (tertiary alicyclic amines) is 1. The Labute approximate surface area is 190 Å². The Bertz CT molecular complexity index is 960. The number of unbranched alkanes of at least 4 members (excludes halogenated alkanes) is 1. The highest BCUT2D eigenvalue weighted by molar-refractivity contribution is 6.00. The molecule has 0 unspecified atom stereocenters. The van der Waals surface area contributed by atoms with Gasteiger partial charge in [-0.05, 0) is 56.4 Å². The van der Waals surface area contributed by atoms with E-state index in [1.807, 2.05) is 30.3 Å². The number of carbonyl (C=O) groups excluding carboxylic acids is 2. The molecule has 1 amide bonds. The molecule has 1 fully saturated rings. The minimum Gasteiger partial charge on any atom is -0.355 e. The normalized spacial score (nSPS) is 14.9. The number of ketones is 1. The Morgan fingerprint density at radius 1 is 1.09 bits per heavy atom. The molecule has 6 heteroatoms. The molecular weight excluding hydrogens is 402 g/mol. The maximum atomic E-state index is 12.9. The lowest BCUT2D eigenvalue weighted by molar-refractivity contribution is 0.0961. The number of nitrogens with zero attached hydrogens (tertiary/aromatic N) is 2. The Kier molecular flexibility index (Phi) is 8.80. The van der Waals surface area contributed by atoms with Crippen LogP contribution in [0.3, 0.4) is 0 Å². The molecule has 2 heterocycles. The number of pyridine rings is 1. The van der Waals surface area contributed by atoms with E-state index >= 15 is 0 Å². The molecule has 0 atom stereocenters. The molecule has 1 aromatic heterocycles. The van der Waals surface area contributed by atoms with Gasteiger partial charge in [0.25, 0.3) is 11.5 Å². The van der Waals surface area contributed by atoms with E-state index in [0.29, 0.717) is 18.5 Å². The van der Waals surface area contributed by atoms with Gasteiger partial charge in [0.05, 0.1) is 6.54 Å². The second kappa shape index (κ2) is 11.8. The number of piperidine rings is 1. The SMILES string of the molecule is CCN1CCC(CCCCC(=O)c2cc(C(=O)NC)c(=O)n(Cc3ccccc3)c2)CC1. The van der Waals surface area contributed by atoms with E-state index in [-0.39, 0.29) is 16.9 Å². The summed E-state index contributed by atoms with van der Waals surface area (Å²) in [4.78, 5) is 40.5. The number of amides is 1. The van der Waals surface area contributed by atoms with Crippen LogP contribution in [0.4, 0.5) is 0 Å². The first-order valence-corrected chi connectivity index (χ1v) is 11.8. The quantitative estimate of drug-likeness (QED) is 0.454. The van der Waals surface area contributed by atoms with Crippen molar-refractivity contribution in [2.75, 3.05) is 26.7 Å². The minimum atomic E-state index is -0.468. The van der Waals surface area contributed by atoms with Crippen LogP contribution < -0.4 is 10.9 Å². The van der Waals surface area contributed by atoms with Crippen LogP contribution in [0.15, 0.2) is 47.4 Å². The lowest BCUT2D eigenvalue weighted by Crippen LogP contribution is -2.33. The molecule has 0 spiro atoms. The minimum absolute atomic E-state index is 0.0111. The Morgan fingerprint density at radius 2 is 1.81 bits per heavy atom. The average molecular weight is 438 g/mol. The van der Waals surface area contributed by atoms with Gasteiger partial charge < -0.3 is 14.8 Å². The highest BCUT2D eigenvalue weighted by atomic mass is 16.2. The lowest BCUT2D eigenvalue weighted by Gasteiger charge is -2.31. The zero-order valence-corrected chi connectivity index (χ0v) is 19.3. The number of carbonyl (C=O) groups is 2. The van der Waals surface area contributed by atoms with E-state index in [1.165, 1.54) is 50.0 Å². The zero-order valence-electron chi connectivity index (χ0n) is 19.3. The maximum absolute atomic E-state index is 12.9. The van der Waals surface area contributed by atoms with Gasteiger partial charge in [-0.1, -0.05) is 50.1 Å². The van der Waals surface area contributed by atoms with E-state index in [9.17, 15) is 14.4 Å². The molecule has 0 saturated carbocycles. The van der Waals surface area contributed by atoms with Crippen molar-refractivity contribution in [2.24, 2.45) is 5.92 Å². The molecule has 0 aliphatic carbocycles. The first kappa shape index (κ1) is 23.9. The lowest BCUT2D eigenvalue weighted by atomic mass is 9.91. The van der Waals surface area contributed by atoms with Crippen LogP contribution in [0.25, 0.3) is 0 Å². The molecular formula is C26H35N3O3. The topological polar surface area (TPSA) is 71.4 Å². The van der Waals surface area contributed by atoms with Gasteiger partial charge in [-0.3, -0.25) is 14.4 Å². The van der Waals surface area contributed by atoms with Gasteiger partial charge >= 0.3 is 0 Å². The summed E-state index contributed by atoms with van der Waals surface area (Å²) in [7, 11) is 1.49. The number of hydrogen-bond donors (Lipinski definition) is 1. The molecule has 1 aliphatic rings. The largest absolute Gasteiger partial charge is 0.355 e. The summed E-state index contributed by atoms with van der Waals surface area (Å²) >= 11 is 0. The van der Waals surface area contributed by atoms with Gasteiger partial charge in [0.2, 0.25) is 0 Å². The Morgan fingerprint density at radius 3 is 2.47 bits per heavy atom. The highest BCUT2D eigenvalue weighted by Crippen LogP contribution is 2.23. The van der Waals surface area contributed by atoms with Crippen LogP contribution in [0.5, 0.6) is 0 Å². The van der Waals surface area contributed by atoms with Crippen molar-refractivity contribution in [1.29, 1.82) is 0 Å². The van der Waals surface area contributed by atoms with Crippen molar-refractivity contribution in [3.05, 3.63) is 69.6 Å². The fourth-order valence-corrected chi connectivity index (χ4v) is 4.44. The van der Waals surface area contributed by atoms with Crippen molar-refractivity contribution >= 4 is 11.7 Å². The van der Waals surface area contributed by atoms with E-state index in [2.05, 4.69) is 17.1 Å². The number of aromatic nitrogens is 1. The second-order valence-electron chi connectivity index (χ2n) is 8.69. The summed E-state index contributed by atoms with van der Waals surface area (Å²) in [6.45, 7) is 6.04. The molecule has 1 N–H and O–H groups in total. The Hall–Kier alpha value is -2.73. The van der Waals surface area contributed by atoms with E-state index in [1.54, 1.807) is 6.20 Å². The highest BCUT2D eigenvalue weighted by Gasteiger charge is 2.19. The third kappa shape index (κ3) is 6.39. The van der Waals surface area contributed by atoms with Crippen LogP contribution in [0.1, 0.15) is 71.7 Å². The van der Waals surface area contributed by atoms with Gasteiger partial charge in [0, 0.05) is 25.2 Å². The third-order valence-electron chi connectivity index (χ3n) is 6.50. The fourth-order valence-electron chi connectivity index (χ4n) is 4.44. The maximum Gasteiger partial charge on any atom is 0.263 e. The fraction of sp³-hybridized carbons (Fsp3) is 0.500. The van der Waals surface area contributed by atoms with Gasteiger partial charge in [0.1, 0.15) is 5.56 Å². The van der Waals surface area contributed by atoms with Gasteiger partial charge in [0.15, 0.2) is 5.78 Å². The smallest absolute Gasteiger partial charge is 0.263 e. The number of Topliss-reactive ketones (excluding diaryl/α,β-unsaturated/α-hetero) is 1. The van der Waals surface area contributed by atoms with Gasteiger partial charge in [-0.2, -0.15) is 0 Å². The van der Waals surface area contributed by atoms with Crippen LogP contribution in [-0.2, 0) is 6.54 Å². The van der Waals surface area contributed by atoms with E-state index in [0.717, 1.165) is 30.9 Å². The van der Waals surface area contributed by atoms with Crippen molar-refractivity contribution in [2.45, 2.75) is 52.0 Å². The summed E-state index contributed by atoms with van der Waals surface area (Å²) < 4.78 is 1.47. The van der Waals surface area contributed by atoms with Crippen molar-refractivity contribution < 1.29 is 9.59 Å². The predicted octanol–water partition coefficient (Wildman–Crippen LogP) is 3.73. The molecule has 1 aliphatic heterocycles. The van der Waals surface area contributed by atoms with Crippen LogP contribution in [0.2, 0.25) is 0 Å². The first-order valence-electron chi connectivity index (χ1n) is 11.8. The van der Waals surface area contributed by atoms with Gasteiger partial charge in [-0.25, -0.2) is 0 Å². The number of nitrogens with one attached hydrogen (secondary N) is 1. The molecule has 0 bridgehead atoms. The number of rotatable bonds is 10. The second-order valence-corrected chi connectivity index (χ2v) is 8.69. The third-order valence-corrected chi connectivity index (χ3v) is 6.50. The summed E-state index contributed by atoms with van der Waals surface area (Å²) in [5, 5.41) is 2.51. The van der Waals surface area contributed by atoms with Crippen molar-refractivity contribution in [3.63, 3.8) is 0 Å². The van der Waals surface area contributed by atoms with E-state index < -0.39 is 5.91 Å². The summed E-state index contributed by atoms with van der Waals surface area (Å²) in [5.41, 5.74) is 0.992. The molecule has 1 saturated heterocycles. The molecule has 1 aromatic carbocycles. The molecule has 2 aromatic rings. The van der Waals surface area contributed by atoms with Crippen LogP contribution in [-0.4, -0.2) is 47.8 Å². The van der Waals surface area contributed by atoms with Crippen LogP contribution in [0, 0.1) is 5.92 Å². The standard InChI is InChI=1S/C26H35N3O3/c1-3-28-15-13-20(14-16-28)9-7-8-12-24(30)22-17-23(25(31)27-2)26(32)29(19-22)18-21-10-5-4-6-11-21/h4-6,10-11,17,19-20H,3,7-9,12-16,18H2,1-2H3,(H,27,31). The first-order chi connectivity index (χ1) is 15.5. The molecule has 3 rings (SSSR count). The van der Waals surface area contributed by atoms with Gasteiger partial charge in [-0.15, -0.1) is 0 Å². The van der Waals surface area contributed by atoms with Crippen molar-refractivity contribution in [1.82, 2.24) is 14.8 Å². The number of benzene rings is 1. The summed E-state index contributed by atoms with van der Waals surface area (Å²) in [5.74, 6) is 0.281. The summed E-state index contributed by atoms with van der Waals surface area (Å²) in [6.07, 6.45) is 7.58. The Balaban J connectivity index is 1.63. The predicted molar refractivity (Wildman–Crippen MR) is 127 cm³/mol. The molecule has 172 valence electrons. The number of hydrogen-bond acceptors (Lipinski definition) is 4. The summed E-state index contributed by atoms with van der Waals surface area (Å²) in [6, 6.07) is 11.0. The van der Waals surface area contributed by atoms with E-state index in [4.69, 9.17) is 0 Å². The molecule has 6 nitrogen and oxygen atoms in total. The molecule has 32 heavy (non-hydrogen) atoms.